The first-order chi connectivity index (χ1) is 15.1. The van der Waals surface area contributed by atoms with E-state index >= 15 is 0 Å². The SMILES string of the molecule is CC(C)n1ncc2c1NC(c1cccc(CN(C)CCN)c1)CC2C(=O)NCC(F)(F)F. The number of anilines is 1. The van der Waals surface area contributed by atoms with Gasteiger partial charge in [0, 0.05) is 31.2 Å². The van der Waals surface area contributed by atoms with Crippen LogP contribution in [-0.2, 0) is 11.3 Å². The average molecular weight is 453 g/mol. The number of amides is 1. The van der Waals surface area contributed by atoms with E-state index in [1.807, 2.05) is 44.4 Å². The molecule has 0 bridgehead atoms. The zero-order chi connectivity index (χ0) is 23.5. The van der Waals surface area contributed by atoms with Gasteiger partial charge in [0.1, 0.15) is 12.4 Å². The molecule has 32 heavy (non-hydrogen) atoms. The van der Waals surface area contributed by atoms with Crippen LogP contribution in [0.2, 0.25) is 0 Å². The third kappa shape index (κ3) is 5.80. The molecule has 0 radical (unpaired) electrons. The molecule has 176 valence electrons. The molecule has 0 saturated carbocycles. The highest BCUT2D eigenvalue weighted by Crippen LogP contribution is 2.41. The highest BCUT2D eigenvalue weighted by atomic mass is 19.4. The zero-order valence-electron chi connectivity index (χ0n) is 18.6. The van der Waals surface area contributed by atoms with Crippen LogP contribution in [0.1, 0.15) is 55.0 Å². The van der Waals surface area contributed by atoms with Crippen molar-refractivity contribution in [2.75, 3.05) is 32.0 Å². The van der Waals surface area contributed by atoms with Gasteiger partial charge in [-0.25, -0.2) is 4.68 Å². The van der Waals surface area contributed by atoms with Crippen molar-refractivity contribution < 1.29 is 18.0 Å². The number of nitrogens with zero attached hydrogens (tertiary/aromatic N) is 3. The monoisotopic (exact) mass is 452 g/mol. The molecule has 1 aliphatic rings. The van der Waals surface area contributed by atoms with Crippen LogP contribution in [0.15, 0.2) is 30.5 Å². The normalized spacial score (nSPS) is 18.5. The highest BCUT2D eigenvalue weighted by Gasteiger charge is 2.37. The van der Waals surface area contributed by atoms with E-state index in [2.05, 4.69) is 21.4 Å². The van der Waals surface area contributed by atoms with E-state index in [9.17, 15) is 18.0 Å². The Morgan fingerprint density at radius 3 is 2.81 bits per heavy atom. The van der Waals surface area contributed by atoms with Crippen LogP contribution in [0.5, 0.6) is 0 Å². The summed E-state index contributed by atoms with van der Waals surface area (Å²) in [6.45, 7) is 4.64. The summed E-state index contributed by atoms with van der Waals surface area (Å²) in [5.74, 6) is -0.694. The number of alkyl halides is 3. The molecular weight excluding hydrogens is 421 g/mol. The molecule has 4 N–H and O–H groups in total. The molecule has 2 atom stereocenters. The third-order valence-electron chi connectivity index (χ3n) is 5.57. The molecule has 7 nitrogen and oxygen atoms in total. The van der Waals surface area contributed by atoms with Crippen molar-refractivity contribution in [2.24, 2.45) is 5.73 Å². The Kier molecular flexibility index (Phi) is 7.45. The van der Waals surface area contributed by atoms with E-state index in [4.69, 9.17) is 5.73 Å². The molecule has 0 saturated heterocycles. The number of rotatable bonds is 8. The number of carbonyl (C=O) groups excluding carboxylic acids is 1. The van der Waals surface area contributed by atoms with Crippen molar-refractivity contribution in [3.8, 4) is 0 Å². The maximum absolute atomic E-state index is 12.8. The summed E-state index contributed by atoms with van der Waals surface area (Å²) in [6, 6.07) is 7.80. The Bertz CT molecular complexity index is 927. The maximum Gasteiger partial charge on any atom is 0.405 e. The average Bonchev–Trinajstić information content (AvgIpc) is 3.15. The summed E-state index contributed by atoms with van der Waals surface area (Å²) in [7, 11) is 1.99. The molecule has 2 aromatic rings. The molecule has 0 spiro atoms. The van der Waals surface area contributed by atoms with Gasteiger partial charge in [0.25, 0.3) is 0 Å². The Balaban J connectivity index is 1.88. The molecule has 3 rings (SSSR count). The number of carbonyl (C=O) groups is 1. The predicted molar refractivity (Wildman–Crippen MR) is 117 cm³/mol. The lowest BCUT2D eigenvalue weighted by molar-refractivity contribution is -0.139. The smallest absolute Gasteiger partial charge is 0.363 e. The Morgan fingerprint density at radius 1 is 1.41 bits per heavy atom. The molecular formula is C22H31F3N6O. The maximum atomic E-state index is 12.8. The molecule has 1 aromatic carbocycles. The van der Waals surface area contributed by atoms with E-state index in [-0.39, 0.29) is 12.1 Å². The molecule has 1 aromatic heterocycles. The third-order valence-corrected chi connectivity index (χ3v) is 5.57. The second-order valence-corrected chi connectivity index (χ2v) is 8.58. The van der Waals surface area contributed by atoms with Crippen LogP contribution in [0.4, 0.5) is 19.0 Å². The van der Waals surface area contributed by atoms with Gasteiger partial charge in [0.15, 0.2) is 0 Å². The standard InChI is InChI=1S/C22H31F3N6O/c1-14(2)31-20-18(11-28-31)17(21(32)27-13-22(23,24)25)10-19(29-20)16-6-4-5-15(9-16)12-30(3)8-7-26/h4-6,9,11,14,17,19,29H,7-8,10,12-13,26H2,1-3H3,(H,27,32). The van der Waals surface area contributed by atoms with Gasteiger partial charge in [0.2, 0.25) is 5.91 Å². The topological polar surface area (TPSA) is 88.2 Å². The second kappa shape index (κ2) is 9.91. The minimum absolute atomic E-state index is 0.0279. The highest BCUT2D eigenvalue weighted by molar-refractivity contribution is 5.86. The molecule has 0 fully saturated rings. The van der Waals surface area contributed by atoms with Crippen LogP contribution in [0, 0.1) is 0 Å². The van der Waals surface area contributed by atoms with Gasteiger partial charge in [-0.15, -0.1) is 0 Å². The van der Waals surface area contributed by atoms with Crippen LogP contribution in [0.3, 0.4) is 0 Å². The summed E-state index contributed by atoms with van der Waals surface area (Å²) in [6.07, 6.45) is -2.55. The lowest BCUT2D eigenvalue weighted by Crippen LogP contribution is -2.39. The second-order valence-electron chi connectivity index (χ2n) is 8.58. The van der Waals surface area contributed by atoms with E-state index in [1.54, 1.807) is 10.9 Å². The summed E-state index contributed by atoms with van der Waals surface area (Å²) < 4.78 is 39.8. The van der Waals surface area contributed by atoms with Crippen LogP contribution in [-0.4, -0.2) is 53.4 Å². The first-order valence-electron chi connectivity index (χ1n) is 10.7. The molecule has 2 heterocycles. The van der Waals surface area contributed by atoms with Gasteiger partial charge < -0.3 is 21.3 Å². The van der Waals surface area contributed by atoms with Crippen molar-refractivity contribution in [3.05, 3.63) is 47.2 Å². The summed E-state index contributed by atoms with van der Waals surface area (Å²) in [5, 5.41) is 9.90. The Labute approximate surface area is 186 Å². The lowest BCUT2D eigenvalue weighted by atomic mass is 9.85. The van der Waals surface area contributed by atoms with Gasteiger partial charge in [-0.3, -0.25) is 4.79 Å². The van der Waals surface area contributed by atoms with Gasteiger partial charge in [-0.2, -0.15) is 18.3 Å². The quantitative estimate of drug-likeness (QED) is 0.573. The number of benzene rings is 1. The fraction of sp³-hybridized carbons (Fsp3) is 0.545. The molecule has 1 aliphatic heterocycles. The summed E-state index contributed by atoms with van der Waals surface area (Å²) in [4.78, 5) is 14.9. The zero-order valence-corrected chi connectivity index (χ0v) is 18.6. The van der Waals surface area contributed by atoms with Gasteiger partial charge in [-0.1, -0.05) is 24.3 Å². The number of likely N-dealkylation sites (N-methyl/N-ethyl adjacent to an activating group) is 1. The number of aromatic nitrogens is 2. The van der Waals surface area contributed by atoms with E-state index in [1.165, 1.54) is 0 Å². The summed E-state index contributed by atoms with van der Waals surface area (Å²) in [5.41, 5.74) is 8.32. The van der Waals surface area contributed by atoms with Crippen LogP contribution >= 0.6 is 0 Å². The van der Waals surface area contributed by atoms with Crippen molar-refractivity contribution in [3.63, 3.8) is 0 Å². The molecule has 1 amide bonds. The largest absolute Gasteiger partial charge is 0.405 e. The van der Waals surface area contributed by atoms with E-state index < -0.39 is 24.5 Å². The van der Waals surface area contributed by atoms with Crippen LogP contribution < -0.4 is 16.4 Å². The van der Waals surface area contributed by atoms with Crippen molar-refractivity contribution >= 4 is 11.7 Å². The van der Waals surface area contributed by atoms with Gasteiger partial charge in [-0.05, 0) is 38.4 Å². The number of hydrogen-bond acceptors (Lipinski definition) is 5. The number of halogens is 3. The number of nitrogens with two attached hydrogens (primary N) is 1. The predicted octanol–water partition coefficient (Wildman–Crippen LogP) is 3.17. The van der Waals surface area contributed by atoms with Crippen molar-refractivity contribution in [1.29, 1.82) is 0 Å². The molecule has 2 unspecified atom stereocenters. The number of fused-ring (bicyclic) bond motifs is 1. The minimum Gasteiger partial charge on any atom is -0.363 e. The van der Waals surface area contributed by atoms with E-state index in [0.717, 1.165) is 24.2 Å². The summed E-state index contributed by atoms with van der Waals surface area (Å²) >= 11 is 0. The van der Waals surface area contributed by atoms with Crippen LogP contribution in [0.25, 0.3) is 0 Å². The minimum atomic E-state index is -4.46. The Hall–Kier alpha value is -2.59. The van der Waals surface area contributed by atoms with Gasteiger partial charge >= 0.3 is 6.18 Å². The molecule has 0 aliphatic carbocycles. The van der Waals surface area contributed by atoms with Crippen molar-refractivity contribution in [1.82, 2.24) is 20.0 Å². The van der Waals surface area contributed by atoms with E-state index in [0.29, 0.717) is 24.3 Å². The number of nitrogens with one attached hydrogen (secondary N) is 2. The fourth-order valence-corrected chi connectivity index (χ4v) is 4.06. The first-order valence-corrected chi connectivity index (χ1v) is 10.7. The number of hydrogen-bond donors (Lipinski definition) is 3. The molecule has 10 heteroatoms. The fourth-order valence-electron chi connectivity index (χ4n) is 4.06. The first kappa shape index (κ1) is 24.1. The van der Waals surface area contributed by atoms with Crippen molar-refractivity contribution in [2.45, 2.75) is 51.0 Å². The Morgan fingerprint density at radius 2 is 2.16 bits per heavy atom. The lowest BCUT2D eigenvalue weighted by Gasteiger charge is -2.32. The van der Waals surface area contributed by atoms with Gasteiger partial charge in [0.05, 0.1) is 18.2 Å².